The van der Waals surface area contributed by atoms with Crippen LogP contribution in [0.25, 0.3) is 0 Å². The zero-order chi connectivity index (χ0) is 8.48. The second-order valence-electron chi connectivity index (χ2n) is 3.62. The number of hydrogen-bond acceptors (Lipinski definition) is 1. The van der Waals surface area contributed by atoms with E-state index in [0.717, 1.165) is 0 Å². The van der Waals surface area contributed by atoms with E-state index in [4.69, 9.17) is 0 Å². The number of pyridine rings is 1. The first-order valence-corrected chi connectivity index (χ1v) is 13.6. The summed E-state index contributed by atoms with van der Waals surface area (Å²) in [5.41, 5.74) is 0. The first-order valence-electron chi connectivity index (χ1n) is 3.62. The van der Waals surface area contributed by atoms with Gasteiger partial charge in [-0.05, 0) is 0 Å². The molecule has 0 unspecified atom stereocenters. The van der Waals surface area contributed by atoms with Crippen molar-refractivity contribution < 1.29 is 4.39 Å². The molecule has 3 heteroatoms. The van der Waals surface area contributed by atoms with E-state index < -0.39 is 18.4 Å². The van der Waals surface area contributed by atoms with Crippen LogP contribution in [0.2, 0.25) is 14.8 Å². The molecule has 0 bridgehead atoms. The Hall–Kier alpha value is -0.121. The molecule has 1 heterocycles. The summed E-state index contributed by atoms with van der Waals surface area (Å²) < 4.78 is 13.7. The number of aromatic nitrogens is 1. The molecule has 1 rings (SSSR count). The summed E-state index contributed by atoms with van der Waals surface area (Å²) in [5.74, 6) is -0.385. The number of nitrogens with zero attached hydrogens (tertiary/aromatic N) is 1. The molecule has 0 aliphatic rings. The number of hydrogen-bond donors (Lipinski definition) is 0. The predicted molar refractivity (Wildman–Crippen MR) is 47.2 cm³/mol. The third-order valence-electron chi connectivity index (χ3n) is 1.59. The normalized spacial score (nSPS) is 11.6. The molecule has 0 aromatic carbocycles. The van der Waals surface area contributed by atoms with Crippen LogP contribution >= 0.6 is 0 Å². The summed E-state index contributed by atoms with van der Waals surface area (Å²) in [6, 6.07) is 3.30. The molecule has 11 heavy (non-hydrogen) atoms. The molecule has 1 aromatic heterocycles. The molecule has 60 valence electrons. The minimum absolute atomic E-state index is 0.385. The average molecular weight is 260 g/mol. The van der Waals surface area contributed by atoms with Gasteiger partial charge < -0.3 is 0 Å². The molecule has 0 N–H and O–H groups in total. The van der Waals surface area contributed by atoms with Gasteiger partial charge in [-0.2, -0.15) is 0 Å². The zero-order valence-corrected chi connectivity index (χ0v) is 9.91. The third-order valence-corrected chi connectivity index (χ3v) is 7.38. The molecule has 0 spiro atoms. The van der Waals surface area contributed by atoms with Gasteiger partial charge in [0.15, 0.2) is 0 Å². The molecular weight excluding hydrogens is 248 g/mol. The van der Waals surface area contributed by atoms with Crippen molar-refractivity contribution in [2.45, 2.75) is 14.8 Å². The fourth-order valence-corrected chi connectivity index (χ4v) is 3.77. The van der Waals surface area contributed by atoms with Crippen molar-refractivity contribution in [2.75, 3.05) is 0 Å². The van der Waals surface area contributed by atoms with Crippen molar-refractivity contribution in [1.29, 1.82) is 0 Å². The molecule has 0 atom stereocenters. The van der Waals surface area contributed by atoms with Crippen molar-refractivity contribution in [3.8, 4) is 0 Å². The van der Waals surface area contributed by atoms with Crippen molar-refractivity contribution >= 4 is 22.0 Å². The summed E-state index contributed by atoms with van der Waals surface area (Å²) in [5, 5.41) is 0. The van der Waals surface area contributed by atoms with Crippen LogP contribution in [0.5, 0.6) is 0 Å². The predicted octanol–water partition coefficient (Wildman–Crippen LogP) is 1.77. The van der Waals surface area contributed by atoms with E-state index in [9.17, 15) is 4.39 Å². The number of rotatable bonds is 1. The van der Waals surface area contributed by atoms with Gasteiger partial charge in [0.05, 0.1) is 0 Å². The van der Waals surface area contributed by atoms with E-state index in [0.29, 0.717) is 0 Å². The third kappa shape index (κ3) is 2.43. The van der Waals surface area contributed by atoms with Crippen molar-refractivity contribution in [3.63, 3.8) is 0 Å². The van der Waals surface area contributed by atoms with E-state index in [1.54, 1.807) is 6.20 Å². The zero-order valence-electron chi connectivity index (χ0n) is 7.06. The van der Waals surface area contributed by atoms with E-state index in [-0.39, 0.29) is 5.95 Å². The fourth-order valence-electron chi connectivity index (χ4n) is 0.819. The molecule has 0 saturated carbocycles. The van der Waals surface area contributed by atoms with Gasteiger partial charge in [-0.1, -0.05) is 0 Å². The van der Waals surface area contributed by atoms with Crippen molar-refractivity contribution in [3.05, 3.63) is 24.3 Å². The van der Waals surface area contributed by atoms with Crippen LogP contribution in [-0.4, -0.2) is 23.4 Å². The summed E-state index contributed by atoms with van der Waals surface area (Å²) in [6.45, 7) is 0. The fraction of sp³-hybridized carbons (Fsp3) is 0.375. The molecular formula is C8H12FNSn. The maximum atomic E-state index is 12.4. The van der Waals surface area contributed by atoms with Gasteiger partial charge in [-0.3, -0.25) is 0 Å². The van der Waals surface area contributed by atoms with Crippen LogP contribution in [0.4, 0.5) is 4.39 Å². The second-order valence-corrected chi connectivity index (χ2v) is 18.1. The Morgan fingerprint density at radius 3 is 2.27 bits per heavy atom. The van der Waals surface area contributed by atoms with Crippen LogP contribution < -0.4 is 3.58 Å². The first kappa shape index (κ1) is 8.97. The summed E-state index contributed by atoms with van der Waals surface area (Å²) in [6.07, 6.45) is 1.67. The summed E-state index contributed by atoms with van der Waals surface area (Å²) in [7, 11) is 0. The Morgan fingerprint density at radius 2 is 1.91 bits per heavy atom. The molecule has 1 aromatic rings. The van der Waals surface area contributed by atoms with Gasteiger partial charge in [0, 0.05) is 0 Å². The summed E-state index contributed by atoms with van der Waals surface area (Å²) in [4.78, 5) is 10.5. The Balaban J connectivity index is 2.99. The molecule has 0 radical (unpaired) electrons. The average Bonchev–Trinajstić information content (AvgIpc) is 1.86. The quantitative estimate of drug-likeness (QED) is 0.553. The maximum absolute atomic E-state index is 12.4. The van der Waals surface area contributed by atoms with Gasteiger partial charge in [0.2, 0.25) is 0 Å². The van der Waals surface area contributed by atoms with Gasteiger partial charge in [0.25, 0.3) is 0 Å². The van der Waals surface area contributed by atoms with E-state index >= 15 is 0 Å². The van der Waals surface area contributed by atoms with E-state index in [1.165, 1.54) is 9.65 Å². The van der Waals surface area contributed by atoms with Gasteiger partial charge in [0.1, 0.15) is 0 Å². The minimum atomic E-state index is -1.97. The van der Waals surface area contributed by atoms with Crippen molar-refractivity contribution in [1.82, 2.24) is 4.98 Å². The van der Waals surface area contributed by atoms with Crippen LogP contribution in [-0.2, 0) is 0 Å². The monoisotopic (exact) mass is 261 g/mol. The van der Waals surface area contributed by atoms with E-state index in [1.807, 2.05) is 6.07 Å². The second kappa shape index (κ2) is 3.09. The standard InChI is InChI=1S/C5H3FN.3CH3.Sn/c6-5-3-1-2-4-7-5;;;;/h1,3-4H;3*1H3;. The van der Waals surface area contributed by atoms with Crippen LogP contribution in [0.3, 0.4) is 0 Å². The van der Waals surface area contributed by atoms with Crippen LogP contribution in [0, 0.1) is 5.95 Å². The molecule has 1 nitrogen and oxygen atoms in total. The Kier molecular flexibility index (Phi) is 2.52. The molecule has 0 aliphatic carbocycles. The number of halogens is 1. The molecule has 0 fully saturated rings. The molecule has 0 saturated heterocycles. The Labute approximate surface area is 70.5 Å². The van der Waals surface area contributed by atoms with Crippen LogP contribution in [0.15, 0.2) is 18.3 Å². The topological polar surface area (TPSA) is 12.9 Å². The molecule has 0 amide bonds. The van der Waals surface area contributed by atoms with Crippen LogP contribution in [0.1, 0.15) is 0 Å². The van der Waals surface area contributed by atoms with E-state index in [2.05, 4.69) is 19.8 Å². The summed E-state index contributed by atoms with van der Waals surface area (Å²) >= 11 is -1.97. The first-order chi connectivity index (χ1) is 5.00. The Bertz CT molecular complexity index is 237. The van der Waals surface area contributed by atoms with Gasteiger partial charge in [-0.25, -0.2) is 0 Å². The van der Waals surface area contributed by atoms with Gasteiger partial charge in [-0.15, -0.1) is 0 Å². The SMILES string of the molecule is [CH3][Sn]([CH3])([CH3])[c]1ccc(F)nc1. The van der Waals surface area contributed by atoms with Crippen molar-refractivity contribution in [2.24, 2.45) is 0 Å². The molecule has 0 aliphatic heterocycles. The van der Waals surface area contributed by atoms with Gasteiger partial charge >= 0.3 is 70.4 Å². The Morgan fingerprint density at radius 1 is 1.27 bits per heavy atom.